The summed E-state index contributed by atoms with van der Waals surface area (Å²) in [5, 5.41) is 0. The molecule has 0 fully saturated rings. The first-order valence-electron chi connectivity index (χ1n) is 12.5. The fraction of sp³-hybridized carbons (Fsp3) is 0.400. The number of benzene rings is 2. The van der Waals surface area contributed by atoms with E-state index in [4.69, 9.17) is 0 Å². The van der Waals surface area contributed by atoms with E-state index in [0.29, 0.717) is 5.92 Å². The van der Waals surface area contributed by atoms with E-state index in [9.17, 15) is 0 Å². The lowest BCUT2D eigenvalue weighted by Crippen LogP contribution is -2.30. The van der Waals surface area contributed by atoms with Crippen LogP contribution >= 0.6 is 0 Å². The second kappa shape index (κ2) is 10.4. The second-order valence-corrected chi connectivity index (χ2v) is 9.64. The maximum absolute atomic E-state index is 2.67. The van der Waals surface area contributed by atoms with Gasteiger partial charge in [0.25, 0.3) is 0 Å². The van der Waals surface area contributed by atoms with Gasteiger partial charge in [0.05, 0.1) is 0 Å². The third kappa shape index (κ3) is 5.81. The van der Waals surface area contributed by atoms with Crippen LogP contribution in [0.2, 0.25) is 0 Å². The Hall–Kier alpha value is -2.58. The van der Waals surface area contributed by atoms with Gasteiger partial charge in [0.1, 0.15) is 0 Å². The van der Waals surface area contributed by atoms with Crippen LogP contribution in [0.4, 0.5) is 0 Å². The normalized spacial score (nSPS) is 25.0. The average Bonchev–Trinajstić information content (AvgIpc) is 2.84. The molecule has 2 aromatic carbocycles. The minimum Gasteiger partial charge on any atom is -0.377 e. The van der Waals surface area contributed by atoms with Crippen molar-refractivity contribution in [1.29, 1.82) is 0 Å². The van der Waals surface area contributed by atoms with Crippen molar-refractivity contribution in [3.05, 3.63) is 107 Å². The molecule has 0 N–H and O–H groups in total. The highest BCUT2D eigenvalue weighted by Gasteiger charge is 2.12. The van der Waals surface area contributed by atoms with Crippen LogP contribution in [0.1, 0.15) is 35.1 Å². The van der Waals surface area contributed by atoms with Gasteiger partial charge < -0.3 is 9.80 Å². The maximum atomic E-state index is 2.67. The van der Waals surface area contributed by atoms with Crippen LogP contribution in [0.5, 0.6) is 0 Å². The molecule has 0 spiro atoms. The van der Waals surface area contributed by atoms with Crippen LogP contribution in [0.3, 0.4) is 0 Å². The zero-order valence-electron chi connectivity index (χ0n) is 19.3. The largest absolute Gasteiger partial charge is 0.377 e. The summed E-state index contributed by atoms with van der Waals surface area (Å²) in [6.45, 7) is 5.54. The Morgan fingerprint density at radius 1 is 0.562 bits per heavy atom. The molecule has 12 aliphatic heterocycles. The van der Waals surface area contributed by atoms with Gasteiger partial charge in [-0.1, -0.05) is 78.4 Å². The summed E-state index contributed by atoms with van der Waals surface area (Å²) in [6, 6.07) is 18.8. The first kappa shape index (κ1) is 21.3. The average molecular weight is 425 g/mol. The predicted molar refractivity (Wildman–Crippen MR) is 135 cm³/mol. The third-order valence-electron chi connectivity index (χ3n) is 7.33. The first-order chi connectivity index (χ1) is 15.8. The zero-order valence-corrected chi connectivity index (χ0v) is 19.3. The Balaban J connectivity index is 1.47. The third-order valence-corrected chi connectivity index (χ3v) is 7.33. The van der Waals surface area contributed by atoms with Gasteiger partial charge in [-0.2, -0.15) is 0 Å². The van der Waals surface area contributed by atoms with E-state index in [1.54, 1.807) is 0 Å². The van der Waals surface area contributed by atoms with Crippen molar-refractivity contribution < 1.29 is 0 Å². The van der Waals surface area contributed by atoms with Crippen molar-refractivity contribution in [3.63, 3.8) is 0 Å². The molecular formula is C30H36N2. The molecule has 0 amide bonds. The summed E-state index contributed by atoms with van der Waals surface area (Å²) >= 11 is 0. The molecule has 0 radical (unpaired) electrons. The second-order valence-electron chi connectivity index (χ2n) is 9.64. The highest BCUT2D eigenvalue weighted by atomic mass is 15.1. The van der Waals surface area contributed by atoms with Crippen LogP contribution in [-0.2, 0) is 25.7 Å². The van der Waals surface area contributed by atoms with Crippen molar-refractivity contribution in [1.82, 2.24) is 9.80 Å². The van der Waals surface area contributed by atoms with E-state index in [1.165, 1.54) is 27.8 Å². The number of rotatable bonds is 0. The molecule has 15 rings (SSSR count). The van der Waals surface area contributed by atoms with Crippen LogP contribution in [0.15, 0.2) is 84.6 Å². The van der Waals surface area contributed by atoms with Gasteiger partial charge in [-0.25, -0.2) is 0 Å². The molecule has 166 valence electrons. The summed E-state index contributed by atoms with van der Waals surface area (Å²) < 4.78 is 0. The molecule has 8 bridgehead atoms. The molecule has 32 heavy (non-hydrogen) atoms. The van der Waals surface area contributed by atoms with Gasteiger partial charge in [-0.05, 0) is 67.0 Å². The maximum Gasteiger partial charge on any atom is 0.0213 e. The summed E-state index contributed by atoms with van der Waals surface area (Å²) in [5.41, 5.74) is 7.32. The molecule has 2 heteroatoms. The van der Waals surface area contributed by atoms with Gasteiger partial charge >= 0.3 is 0 Å². The quantitative estimate of drug-likeness (QED) is 0.544. The SMILES string of the molecule is C1=CC2/C=C\N3CCc4ccc(cc4)CCN(CCC1=CC2)CCc1ccc(cc1)CC3. The van der Waals surface area contributed by atoms with E-state index >= 15 is 0 Å². The molecule has 0 saturated carbocycles. The van der Waals surface area contributed by atoms with E-state index in [2.05, 4.69) is 88.8 Å². The summed E-state index contributed by atoms with van der Waals surface area (Å²) in [5.74, 6) is 0.522. The molecular weight excluding hydrogens is 388 g/mol. The molecule has 0 saturated heterocycles. The Bertz CT molecular complexity index is 909. The lowest BCUT2D eigenvalue weighted by atomic mass is 9.95. The number of allylic oxidation sites excluding steroid dienone is 4. The summed E-state index contributed by atoms with van der Waals surface area (Å²) in [4.78, 5) is 5.20. The van der Waals surface area contributed by atoms with E-state index in [1.807, 2.05) is 0 Å². The molecule has 2 nitrogen and oxygen atoms in total. The van der Waals surface area contributed by atoms with Gasteiger partial charge in [-0.3, -0.25) is 0 Å². The lowest BCUT2D eigenvalue weighted by Gasteiger charge is -2.25. The highest BCUT2D eigenvalue weighted by Crippen LogP contribution is 2.21. The number of hydrogen-bond donors (Lipinski definition) is 0. The van der Waals surface area contributed by atoms with Crippen molar-refractivity contribution in [2.24, 2.45) is 5.92 Å². The molecule has 1 atom stereocenters. The van der Waals surface area contributed by atoms with Crippen molar-refractivity contribution in [3.8, 4) is 0 Å². The zero-order chi connectivity index (χ0) is 21.6. The van der Waals surface area contributed by atoms with E-state index in [0.717, 1.165) is 71.2 Å². The molecule has 1 aliphatic carbocycles. The molecule has 1 unspecified atom stereocenters. The minimum absolute atomic E-state index is 0.522. The molecule has 0 aromatic heterocycles. The van der Waals surface area contributed by atoms with Crippen LogP contribution in [0, 0.1) is 5.92 Å². The van der Waals surface area contributed by atoms with Crippen LogP contribution in [-0.4, -0.2) is 42.5 Å². The number of nitrogens with zero attached hydrogens (tertiary/aromatic N) is 2. The van der Waals surface area contributed by atoms with E-state index < -0.39 is 0 Å². The Morgan fingerprint density at radius 3 is 1.56 bits per heavy atom. The Morgan fingerprint density at radius 2 is 1.06 bits per heavy atom. The van der Waals surface area contributed by atoms with E-state index in [-0.39, 0.29) is 0 Å². The van der Waals surface area contributed by atoms with Crippen molar-refractivity contribution in [2.75, 3.05) is 32.7 Å². The smallest absolute Gasteiger partial charge is 0.0213 e. The standard InChI is InChI=1S/C30H36N2/c1-2-26-4-3-25(1)13-19-31-21-15-27-5-9-29(10-6-27)17-23-32(20-14-26)24-18-30-11-7-28(8-12-30)16-22-31/h1-11,18,24,30H,12-17,19-23H2/b24-18-. The first-order valence-corrected chi connectivity index (χ1v) is 12.5. The monoisotopic (exact) mass is 424 g/mol. The number of hydrogen-bond acceptors (Lipinski definition) is 2. The highest BCUT2D eigenvalue weighted by molar-refractivity contribution is 5.27. The van der Waals surface area contributed by atoms with Crippen LogP contribution in [0.25, 0.3) is 0 Å². The van der Waals surface area contributed by atoms with Crippen LogP contribution < -0.4 is 0 Å². The predicted octanol–water partition coefficient (Wildman–Crippen LogP) is 5.59. The van der Waals surface area contributed by atoms with Crippen molar-refractivity contribution >= 4 is 0 Å². The van der Waals surface area contributed by atoms with Gasteiger partial charge in [0.2, 0.25) is 0 Å². The molecule has 12 heterocycles. The summed E-state index contributed by atoms with van der Waals surface area (Å²) in [6.07, 6.45) is 18.8. The Kier molecular flexibility index (Phi) is 6.89. The summed E-state index contributed by atoms with van der Waals surface area (Å²) in [7, 11) is 0. The lowest BCUT2D eigenvalue weighted by molar-refractivity contribution is 0.284. The minimum atomic E-state index is 0.522. The Labute approximate surface area is 193 Å². The fourth-order valence-electron chi connectivity index (χ4n) is 4.99. The van der Waals surface area contributed by atoms with Crippen molar-refractivity contribution in [2.45, 2.75) is 38.5 Å². The molecule has 13 aliphatic rings. The van der Waals surface area contributed by atoms with Gasteiger partial charge in [0.15, 0.2) is 0 Å². The fourth-order valence-corrected chi connectivity index (χ4v) is 4.99. The van der Waals surface area contributed by atoms with Gasteiger partial charge in [0, 0.05) is 38.6 Å². The van der Waals surface area contributed by atoms with Gasteiger partial charge in [-0.15, -0.1) is 0 Å². The molecule has 2 aromatic rings. The topological polar surface area (TPSA) is 6.48 Å².